The largest absolute Gasteiger partial charge is 0.433 e. The molecule has 0 amide bonds. The molecule has 1 aliphatic heterocycles. The molecule has 1 aromatic rings. The summed E-state index contributed by atoms with van der Waals surface area (Å²) in [6.45, 7) is 3.56. The molecule has 1 aliphatic rings. The van der Waals surface area contributed by atoms with Crippen molar-refractivity contribution in [2.45, 2.75) is 32.4 Å². The molecular weight excluding hydrogens is 257 g/mol. The third-order valence-electron chi connectivity index (χ3n) is 3.36. The minimum atomic E-state index is -4.50. The van der Waals surface area contributed by atoms with Crippen molar-refractivity contribution in [3.63, 3.8) is 0 Å². The molecule has 0 aromatic carbocycles. The van der Waals surface area contributed by atoms with Crippen LogP contribution < -0.4 is 10.6 Å². The molecular formula is C12H17F3N4. The maximum absolute atomic E-state index is 12.7. The molecule has 0 spiro atoms. The van der Waals surface area contributed by atoms with E-state index < -0.39 is 11.9 Å². The lowest BCUT2D eigenvalue weighted by Gasteiger charge is -2.22. The van der Waals surface area contributed by atoms with Crippen molar-refractivity contribution in [2.24, 2.45) is 5.92 Å². The number of nitrogen functional groups attached to an aromatic ring is 1. The monoisotopic (exact) mass is 274 g/mol. The van der Waals surface area contributed by atoms with Gasteiger partial charge in [-0.05, 0) is 25.2 Å². The summed E-state index contributed by atoms with van der Waals surface area (Å²) in [5.74, 6) is 0.530. The van der Waals surface area contributed by atoms with Crippen LogP contribution in [0.1, 0.15) is 31.9 Å². The summed E-state index contributed by atoms with van der Waals surface area (Å²) < 4.78 is 38.1. The summed E-state index contributed by atoms with van der Waals surface area (Å²) in [7, 11) is 0. The summed E-state index contributed by atoms with van der Waals surface area (Å²) in [5, 5.41) is 0. The van der Waals surface area contributed by atoms with Gasteiger partial charge in [0.05, 0.1) is 0 Å². The second-order valence-corrected chi connectivity index (χ2v) is 4.99. The molecule has 1 unspecified atom stereocenters. The molecule has 1 aromatic heterocycles. The van der Waals surface area contributed by atoms with E-state index in [0.29, 0.717) is 19.0 Å². The Morgan fingerprint density at radius 2 is 2.00 bits per heavy atom. The van der Waals surface area contributed by atoms with Gasteiger partial charge in [-0.3, -0.25) is 0 Å². The van der Waals surface area contributed by atoms with Crippen LogP contribution in [0.2, 0.25) is 0 Å². The molecule has 7 heteroatoms. The zero-order chi connectivity index (χ0) is 14.0. The van der Waals surface area contributed by atoms with Crippen LogP contribution in [0.5, 0.6) is 0 Å². The molecule has 0 radical (unpaired) electrons. The normalized spacial score (nSPS) is 21.3. The van der Waals surface area contributed by atoms with E-state index in [1.54, 1.807) is 0 Å². The quantitative estimate of drug-likeness (QED) is 0.855. The van der Waals surface area contributed by atoms with Crippen LogP contribution in [-0.2, 0) is 6.18 Å². The van der Waals surface area contributed by atoms with Crippen LogP contribution in [0, 0.1) is 5.92 Å². The standard InChI is InChI=1S/C12H17F3N4/c1-8-3-2-5-19(6-4-8)10-7-9(12(13,14)15)17-11(16)18-10/h7-8H,2-6H2,1H3,(H2,16,17,18). The minimum absolute atomic E-state index is 0.272. The highest BCUT2D eigenvalue weighted by molar-refractivity contribution is 5.44. The molecule has 1 atom stereocenters. The summed E-state index contributed by atoms with van der Waals surface area (Å²) in [6.07, 6.45) is -1.51. The number of nitrogens with zero attached hydrogens (tertiary/aromatic N) is 3. The van der Waals surface area contributed by atoms with Crippen molar-refractivity contribution in [3.8, 4) is 0 Å². The van der Waals surface area contributed by atoms with Crippen LogP contribution in [0.4, 0.5) is 24.9 Å². The van der Waals surface area contributed by atoms with Gasteiger partial charge in [-0.2, -0.15) is 18.2 Å². The van der Waals surface area contributed by atoms with Gasteiger partial charge in [0, 0.05) is 19.2 Å². The van der Waals surface area contributed by atoms with E-state index in [-0.39, 0.29) is 11.8 Å². The first-order valence-electron chi connectivity index (χ1n) is 6.33. The fourth-order valence-corrected chi connectivity index (χ4v) is 2.25. The van der Waals surface area contributed by atoms with Gasteiger partial charge < -0.3 is 10.6 Å². The van der Waals surface area contributed by atoms with E-state index in [4.69, 9.17) is 5.73 Å². The molecule has 0 bridgehead atoms. The zero-order valence-corrected chi connectivity index (χ0v) is 10.7. The van der Waals surface area contributed by atoms with E-state index in [2.05, 4.69) is 16.9 Å². The molecule has 106 valence electrons. The topological polar surface area (TPSA) is 55.0 Å². The Balaban J connectivity index is 2.26. The van der Waals surface area contributed by atoms with Gasteiger partial charge in [0.2, 0.25) is 5.95 Å². The molecule has 2 rings (SSSR count). The maximum Gasteiger partial charge on any atom is 0.433 e. The van der Waals surface area contributed by atoms with Crippen LogP contribution in [-0.4, -0.2) is 23.1 Å². The van der Waals surface area contributed by atoms with Gasteiger partial charge in [-0.25, -0.2) is 4.98 Å². The van der Waals surface area contributed by atoms with Gasteiger partial charge in [0.1, 0.15) is 5.82 Å². The lowest BCUT2D eigenvalue weighted by molar-refractivity contribution is -0.141. The van der Waals surface area contributed by atoms with Gasteiger partial charge in [0.25, 0.3) is 0 Å². The Morgan fingerprint density at radius 1 is 1.26 bits per heavy atom. The molecule has 1 saturated heterocycles. The number of nitrogens with two attached hydrogens (primary N) is 1. The molecule has 1 fully saturated rings. The van der Waals surface area contributed by atoms with Gasteiger partial charge in [-0.15, -0.1) is 0 Å². The van der Waals surface area contributed by atoms with E-state index >= 15 is 0 Å². The number of aromatic nitrogens is 2. The first kappa shape index (κ1) is 13.9. The minimum Gasteiger partial charge on any atom is -0.368 e. The van der Waals surface area contributed by atoms with E-state index in [1.165, 1.54) is 0 Å². The summed E-state index contributed by atoms with van der Waals surface area (Å²) in [4.78, 5) is 9.04. The number of hydrogen-bond acceptors (Lipinski definition) is 4. The van der Waals surface area contributed by atoms with Crippen molar-refractivity contribution >= 4 is 11.8 Å². The smallest absolute Gasteiger partial charge is 0.368 e. The Kier molecular flexibility index (Phi) is 3.82. The van der Waals surface area contributed by atoms with Crippen LogP contribution in [0.25, 0.3) is 0 Å². The lowest BCUT2D eigenvalue weighted by atomic mass is 10.0. The van der Waals surface area contributed by atoms with E-state index in [0.717, 1.165) is 25.3 Å². The zero-order valence-electron chi connectivity index (χ0n) is 10.7. The van der Waals surface area contributed by atoms with E-state index in [1.807, 2.05) is 4.90 Å². The van der Waals surface area contributed by atoms with Crippen molar-refractivity contribution in [2.75, 3.05) is 23.7 Å². The first-order chi connectivity index (χ1) is 8.86. The molecule has 0 aliphatic carbocycles. The van der Waals surface area contributed by atoms with Gasteiger partial charge >= 0.3 is 6.18 Å². The van der Waals surface area contributed by atoms with Crippen molar-refractivity contribution in [3.05, 3.63) is 11.8 Å². The molecule has 2 heterocycles. The molecule has 2 N–H and O–H groups in total. The third-order valence-corrected chi connectivity index (χ3v) is 3.36. The Labute approximate surface area is 109 Å². The average Bonchev–Trinajstić information content (AvgIpc) is 2.52. The third kappa shape index (κ3) is 3.48. The number of anilines is 2. The number of hydrogen-bond donors (Lipinski definition) is 1. The Morgan fingerprint density at radius 3 is 2.68 bits per heavy atom. The van der Waals surface area contributed by atoms with Gasteiger partial charge in [0.15, 0.2) is 5.69 Å². The fourth-order valence-electron chi connectivity index (χ4n) is 2.25. The van der Waals surface area contributed by atoms with E-state index in [9.17, 15) is 13.2 Å². The second-order valence-electron chi connectivity index (χ2n) is 4.99. The predicted molar refractivity (Wildman–Crippen MR) is 66.7 cm³/mol. The summed E-state index contributed by atoms with van der Waals surface area (Å²) in [5.41, 5.74) is 4.40. The Bertz CT molecular complexity index is 447. The highest BCUT2D eigenvalue weighted by Crippen LogP contribution is 2.31. The molecule has 0 saturated carbocycles. The SMILES string of the molecule is CC1CCCN(c2cc(C(F)(F)F)nc(N)n2)CC1. The average molecular weight is 274 g/mol. The lowest BCUT2D eigenvalue weighted by Crippen LogP contribution is -2.26. The number of alkyl halides is 3. The second kappa shape index (κ2) is 5.22. The van der Waals surface area contributed by atoms with Crippen LogP contribution in [0.3, 0.4) is 0 Å². The summed E-state index contributed by atoms with van der Waals surface area (Å²) in [6, 6.07) is 0.979. The predicted octanol–water partition coefficient (Wildman–Crippen LogP) is 2.70. The van der Waals surface area contributed by atoms with Crippen LogP contribution >= 0.6 is 0 Å². The fraction of sp³-hybridized carbons (Fsp3) is 0.667. The van der Waals surface area contributed by atoms with Crippen molar-refractivity contribution in [1.29, 1.82) is 0 Å². The molecule has 19 heavy (non-hydrogen) atoms. The highest BCUT2D eigenvalue weighted by Gasteiger charge is 2.34. The van der Waals surface area contributed by atoms with Gasteiger partial charge in [-0.1, -0.05) is 6.92 Å². The summed E-state index contributed by atoms with van der Waals surface area (Å²) >= 11 is 0. The number of halogens is 3. The Hall–Kier alpha value is -1.53. The maximum atomic E-state index is 12.7. The first-order valence-corrected chi connectivity index (χ1v) is 6.33. The van der Waals surface area contributed by atoms with Crippen LogP contribution in [0.15, 0.2) is 6.07 Å². The van der Waals surface area contributed by atoms with Crippen molar-refractivity contribution < 1.29 is 13.2 Å². The van der Waals surface area contributed by atoms with Crippen molar-refractivity contribution in [1.82, 2.24) is 9.97 Å². The number of rotatable bonds is 1. The molecule has 4 nitrogen and oxygen atoms in total. The highest BCUT2D eigenvalue weighted by atomic mass is 19.4.